The van der Waals surface area contributed by atoms with Crippen LogP contribution >= 0.6 is 0 Å². The zero-order valence-electron chi connectivity index (χ0n) is 13.4. The molecule has 0 radical (unpaired) electrons. The second-order valence-corrected chi connectivity index (χ2v) is 6.24. The lowest BCUT2D eigenvalue weighted by Crippen LogP contribution is -2.51. The van der Waals surface area contributed by atoms with Crippen molar-refractivity contribution < 1.29 is 14.4 Å². The normalized spacial score (nSPS) is 22.4. The van der Waals surface area contributed by atoms with Crippen molar-refractivity contribution in [2.24, 2.45) is 5.92 Å². The van der Waals surface area contributed by atoms with E-state index in [1.165, 1.54) is 0 Å². The average Bonchev–Trinajstić information content (AvgIpc) is 3.08. The second-order valence-electron chi connectivity index (χ2n) is 6.24. The van der Waals surface area contributed by atoms with E-state index < -0.39 is 0 Å². The number of nitrogens with zero attached hydrogens (tertiary/aromatic N) is 1. The number of carbonyl (C=O) groups is 3. The van der Waals surface area contributed by atoms with Crippen LogP contribution < -0.4 is 10.6 Å². The molecule has 1 saturated carbocycles. The van der Waals surface area contributed by atoms with Gasteiger partial charge in [-0.15, -0.1) is 0 Å². The molecule has 0 aromatic carbocycles. The highest BCUT2D eigenvalue weighted by Gasteiger charge is 2.31. The summed E-state index contributed by atoms with van der Waals surface area (Å²) in [5.41, 5.74) is 0. The summed E-state index contributed by atoms with van der Waals surface area (Å²) in [6.07, 6.45) is 7.08. The van der Waals surface area contributed by atoms with Crippen molar-refractivity contribution in [1.82, 2.24) is 15.5 Å². The summed E-state index contributed by atoms with van der Waals surface area (Å²) in [5, 5.41) is 5.49. The van der Waals surface area contributed by atoms with E-state index in [0.29, 0.717) is 13.1 Å². The van der Waals surface area contributed by atoms with E-state index >= 15 is 0 Å². The first-order valence-corrected chi connectivity index (χ1v) is 8.42. The molecular weight excluding hydrogens is 282 g/mol. The molecule has 6 heteroatoms. The van der Waals surface area contributed by atoms with E-state index in [-0.39, 0.29) is 36.1 Å². The number of carbonyl (C=O) groups excluding carboxylic acids is 3. The first kappa shape index (κ1) is 16.8. The monoisotopic (exact) mass is 309 g/mol. The quantitative estimate of drug-likeness (QED) is 0.789. The summed E-state index contributed by atoms with van der Waals surface area (Å²) in [4.78, 5) is 37.8. The van der Waals surface area contributed by atoms with E-state index in [9.17, 15) is 14.4 Å². The Bertz CT molecular complexity index is 419. The average molecular weight is 309 g/mol. The lowest BCUT2D eigenvalue weighted by molar-refractivity contribution is -0.142. The van der Waals surface area contributed by atoms with Crippen LogP contribution in [0, 0.1) is 5.92 Å². The molecule has 1 saturated heterocycles. The fourth-order valence-corrected chi connectivity index (χ4v) is 3.44. The number of nitrogens with one attached hydrogen (secondary N) is 2. The van der Waals surface area contributed by atoms with Crippen LogP contribution in [0.5, 0.6) is 0 Å². The Morgan fingerprint density at radius 3 is 2.36 bits per heavy atom. The highest BCUT2D eigenvalue weighted by molar-refractivity contribution is 5.88. The molecule has 22 heavy (non-hydrogen) atoms. The van der Waals surface area contributed by atoms with E-state index in [2.05, 4.69) is 10.6 Å². The summed E-state index contributed by atoms with van der Waals surface area (Å²) in [6.45, 7) is 0.999. The fraction of sp³-hybridized carbons (Fsp3) is 0.812. The molecule has 0 aromatic heterocycles. The zero-order chi connectivity index (χ0) is 15.9. The van der Waals surface area contributed by atoms with Gasteiger partial charge in [0.25, 0.3) is 0 Å². The van der Waals surface area contributed by atoms with Gasteiger partial charge in [-0.25, -0.2) is 0 Å². The van der Waals surface area contributed by atoms with Crippen molar-refractivity contribution in [3.05, 3.63) is 0 Å². The maximum Gasteiger partial charge on any atom is 0.242 e. The molecule has 0 spiro atoms. The summed E-state index contributed by atoms with van der Waals surface area (Å²) in [6, 6.07) is -0.350. The molecule has 2 aliphatic rings. The number of hydrogen-bond donors (Lipinski definition) is 2. The van der Waals surface area contributed by atoms with Crippen LogP contribution in [0.15, 0.2) is 0 Å². The molecule has 0 aromatic rings. The molecule has 124 valence electrons. The number of piperidine rings is 1. The summed E-state index contributed by atoms with van der Waals surface area (Å²) < 4.78 is 0. The van der Waals surface area contributed by atoms with Crippen LogP contribution in [-0.4, -0.2) is 48.8 Å². The fourth-order valence-electron chi connectivity index (χ4n) is 3.44. The van der Waals surface area contributed by atoms with Gasteiger partial charge < -0.3 is 15.5 Å². The number of amides is 3. The topological polar surface area (TPSA) is 78.5 Å². The Labute approximate surface area is 132 Å². The molecular formula is C16H27N3O3. The minimum Gasteiger partial charge on any atom is -0.357 e. The number of rotatable bonds is 5. The third-order valence-corrected chi connectivity index (χ3v) is 4.74. The van der Waals surface area contributed by atoms with Crippen LogP contribution in [0.25, 0.3) is 0 Å². The lowest BCUT2D eigenvalue weighted by Gasteiger charge is -2.34. The zero-order valence-corrected chi connectivity index (χ0v) is 13.4. The summed E-state index contributed by atoms with van der Waals surface area (Å²) >= 11 is 0. The van der Waals surface area contributed by atoms with Crippen molar-refractivity contribution in [3.8, 4) is 0 Å². The molecule has 1 atom stereocenters. The largest absolute Gasteiger partial charge is 0.357 e. The summed E-state index contributed by atoms with van der Waals surface area (Å²) in [7, 11) is 1.60. The Morgan fingerprint density at radius 2 is 1.68 bits per heavy atom. The van der Waals surface area contributed by atoms with Crippen LogP contribution in [0.3, 0.4) is 0 Å². The van der Waals surface area contributed by atoms with E-state index in [0.717, 1.165) is 44.9 Å². The molecule has 2 fully saturated rings. The SMILES string of the molecule is CNC(=O)[C@H]1CCCCN1C(=O)CCNC(=O)C1CCCC1. The second kappa shape index (κ2) is 8.15. The van der Waals surface area contributed by atoms with Crippen LogP contribution in [0.4, 0.5) is 0 Å². The number of hydrogen-bond acceptors (Lipinski definition) is 3. The van der Waals surface area contributed by atoms with Gasteiger partial charge in [0.2, 0.25) is 17.7 Å². The van der Waals surface area contributed by atoms with Crippen LogP contribution in [0.2, 0.25) is 0 Å². The number of likely N-dealkylation sites (N-methyl/N-ethyl adjacent to an activating group) is 1. The van der Waals surface area contributed by atoms with Crippen molar-refractivity contribution in [2.45, 2.75) is 57.4 Å². The van der Waals surface area contributed by atoms with Gasteiger partial charge in [0.15, 0.2) is 0 Å². The standard InChI is InChI=1S/C16H27N3O3/c1-17-16(22)13-8-4-5-11-19(13)14(20)9-10-18-15(21)12-6-2-3-7-12/h12-13H,2-11H2,1H3,(H,17,22)(H,18,21)/t13-/m1/s1. The lowest BCUT2D eigenvalue weighted by atomic mass is 10.0. The molecule has 6 nitrogen and oxygen atoms in total. The van der Waals surface area contributed by atoms with Crippen LogP contribution in [-0.2, 0) is 14.4 Å². The minimum atomic E-state index is -0.350. The molecule has 3 amide bonds. The Balaban J connectivity index is 1.77. The molecule has 0 bridgehead atoms. The minimum absolute atomic E-state index is 0.0416. The predicted octanol–water partition coefficient (Wildman–Crippen LogP) is 0.810. The maximum atomic E-state index is 12.3. The van der Waals surface area contributed by atoms with Gasteiger partial charge in [0.05, 0.1) is 0 Å². The van der Waals surface area contributed by atoms with Gasteiger partial charge in [-0.05, 0) is 32.1 Å². The van der Waals surface area contributed by atoms with Crippen molar-refractivity contribution in [2.75, 3.05) is 20.1 Å². The third-order valence-electron chi connectivity index (χ3n) is 4.74. The molecule has 2 N–H and O–H groups in total. The number of likely N-dealkylation sites (tertiary alicyclic amines) is 1. The Hall–Kier alpha value is -1.59. The van der Waals surface area contributed by atoms with Gasteiger partial charge in [-0.1, -0.05) is 12.8 Å². The van der Waals surface area contributed by atoms with Gasteiger partial charge in [0.1, 0.15) is 6.04 Å². The smallest absolute Gasteiger partial charge is 0.242 e. The van der Waals surface area contributed by atoms with Gasteiger partial charge in [-0.2, -0.15) is 0 Å². The molecule has 1 aliphatic carbocycles. The van der Waals surface area contributed by atoms with E-state index in [1.807, 2.05) is 0 Å². The van der Waals surface area contributed by atoms with Crippen LogP contribution in [0.1, 0.15) is 51.4 Å². The highest BCUT2D eigenvalue weighted by Crippen LogP contribution is 2.24. The highest BCUT2D eigenvalue weighted by atomic mass is 16.2. The van der Waals surface area contributed by atoms with E-state index in [1.54, 1.807) is 11.9 Å². The van der Waals surface area contributed by atoms with Gasteiger partial charge in [0, 0.05) is 32.5 Å². The van der Waals surface area contributed by atoms with Gasteiger partial charge in [-0.3, -0.25) is 14.4 Å². The van der Waals surface area contributed by atoms with Crippen molar-refractivity contribution in [3.63, 3.8) is 0 Å². The molecule has 1 heterocycles. The van der Waals surface area contributed by atoms with Crippen molar-refractivity contribution in [1.29, 1.82) is 0 Å². The van der Waals surface area contributed by atoms with Gasteiger partial charge >= 0.3 is 0 Å². The molecule has 1 aliphatic heterocycles. The summed E-state index contributed by atoms with van der Waals surface area (Å²) in [5.74, 6) is 0.0681. The predicted molar refractivity (Wildman–Crippen MR) is 83.0 cm³/mol. The Morgan fingerprint density at radius 1 is 1.00 bits per heavy atom. The molecule has 0 unspecified atom stereocenters. The third kappa shape index (κ3) is 4.21. The molecule has 2 rings (SSSR count). The Kier molecular flexibility index (Phi) is 6.21. The first-order chi connectivity index (χ1) is 10.6. The maximum absolute atomic E-state index is 12.3. The van der Waals surface area contributed by atoms with E-state index in [4.69, 9.17) is 0 Å². The first-order valence-electron chi connectivity index (χ1n) is 8.42. The van der Waals surface area contributed by atoms with Crippen molar-refractivity contribution >= 4 is 17.7 Å².